The number of carbonyl (C=O) groups is 1. The van der Waals surface area contributed by atoms with Crippen molar-refractivity contribution in [3.05, 3.63) is 100 Å². The van der Waals surface area contributed by atoms with Crippen molar-refractivity contribution in [3.63, 3.8) is 0 Å². The van der Waals surface area contributed by atoms with Gasteiger partial charge >= 0.3 is 0 Å². The van der Waals surface area contributed by atoms with Crippen LogP contribution in [0.15, 0.2) is 87.0 Å². The summed E-state index contributed by atoms with van der Waals surface area (Å²) in [6, 6.07) is 19.1. The Morgan fingerprint density at radius 3 is 2.31 bits per heavy atom. The van der Waals surface area contributed by atoms with E-state index in [9.17, 15) is 13.2 Å². The Labute approximate surface area is 214 Å². The fourth-order valence-electron chi connectivity index (χ4n) is 3.61. The van der Waals surface area contributed by atoms with Gasteiger partial charge in [-0.2, -0.15) is 0 Å². The number of hydrogen-bond acceptors (Lipinski definition) is 6. The monoisotopic (exact) mass is 525 g/mol. The third kappa shape index (κ3) is 5.56. The molecule has 1 aromatic heterocycles. The van der Waals surface area contributed by atoms with Gasteiger partial charge in [0.1, 0.15) is 23.9 Å². The third-order valence-electron chi connectivity index (χ3n) is 5.46. The van der Waals surface area contributed by atoms with E-state index in [4.69, 9.17) is 25.5 Å². The first-order chi connectivity index (χ1) is 17.2. The SMILES string of the molecule is COc1cc(NC(=O)c2ccc(COc3c(C)cccc3C)o2)cc(S(=O)(=O)c2ccc(Cl)cc2)c1. The van der Waals surface area contributed by atoms with Gasteiger partial charge in [0, 0.05) is 16.8 Å². The molecule has 7 nitrogen and oxygen atoms in total. The molecule has 0 saturated heterocycles. The smallest absolute Gasteiger partial charge is 0.291 e. The van der Waals surface area contributed by atoms with E-state index in [1.54, 1.807) is 6.07 Å². The molecule has 0 unspecified atom stereocenters. The van der Waals surface area contributed by atoms with Gasteiger partial charge in [-0.15, -0.1) is 0 Å². The summed E-state index contributed by atoms with van der Waals surface area (Å²) in [7, 11) is -2.47. The van der Waals surface area contributed by atoms with E-state index >= 15 is 0 Å². The van der Waals surface area contributed by atoms with Crippen LogP contribution in [0, 0.1) is 13.8 Å². The van der Waals surface area contributed by atoms with Crippen LogP contribution in [0.2, 0.25) is 5.02 Å². The van der Waals surface area contributed by atoms with E-state index in [-0.39, 0.29) is 33.6 Å². The number of para-hydroxylation sites is 1. The molecule has 3 aromatic carbocycles. The molecule has 0 aliphatic heterocycles. The number of nitrogens with one attached hydrogen (secondary N) is 1. The van der Waals surface area contributed by atoms with Gasteiger partial charge in [-0.25, -0.2) is 8.42 Å². The Balaban J connectivity index is 1.52. The summed E-state index contributed by atoms with van der Waals surface area (Å²) in [4.78, 5) is 12.9. The molecule has 0 aliphatic carbocycles. The van der Waals surface area contributed by atoms with Gasteiger partial charge in [0.15, 0.2) is 5.76 Å². The highest BCUT2D eigenvalue weighted by atomic mass is 35.5. The number of benzene rings is 3. The number of ether oxygens (including phenoxy) is 2. The van der Waals surface area contributed by atoms with Crippen molar-refractivity contribution in [2.45, 2.75) is 30.2 Å². The first-order valence-electron chi connectivity index (χ1n) is 11.0. The van der Waals surface area contributed by atoms with Crippen molar-refractivity contribution < 1.29 is 27.1 Å². The molecule has 4 rings (SSSR count). The number of methoxy groups -OCH3 is 1. The quantitative estimate of drug-likeness (QED) is 0.293. The van der Waals surface area contributed by atoms with Crippen molar-refractivity contribution in [1.29, 1.82) is 0 Å². The predicted molar refractivity (Wildman–Crippen MR) is 137 cm³/mol. The van der Waals surface area contributed by atoms with Crippen molar-refractivity contribution in [1.82, 2.24) is 0 Å². The fourth-order valence-corrected chi connectivity index (χ4v) is 5.05. The van der Waals surface area contributed by atoms with Crippen LogP contribution in [-0.2, 0) is 16.4 Å². The molecule has 0 spiro atoms. The second-order valence-corrected chi connectivity index (χ2v) is 10.5. The first kappa shape index (κ1) is 25.3. The average molecular weight is 526 g/mol. The van der Waals surface area contributed by atoms with Gasteiger partial charge in [0.2, 0.25) is 9.84 Å². The lowest BCUT2D eigenvalue weighted by Gasteiger charge is -2.11. The highest BCUT2D eigenvalue weighted by Gasteiger charge is 2.21. The van der Waals surface area contributed by atoms with Crippen LogP contribution in [0.1, 0.15) is 27.4 Å². The Morgan fingerprint density at radius 2 is 1.64 bits per heavy atom. The molecule has 4 aromatic rings. The van der Waals surface area contributed by atoms with Crippen LogP contribution in [0.4, 0.5) is 5.69 Å². The Bertz CT molecular complexity index is 1490. The van der Waals surface area contributed by atoms with Gasteiger partial charge in [-0.05, 0) is 73.5 Å². The number of carbonyl (C=O) groups excluding carboxylic acids is 1. The van der Waals surface area contributed by atoms with Crippen LogP contribution in [-0.4, -0.2) is 21.4 Å². The molecule has 36 heavy (non-hydrogen) atoms. The molecule has 0 atom stereocenters. The minimum atomic E-state index is -3.88. The Morgan fingerprint density at radius 1 is 0.944 bits per heavy atom. The summed E-state index contributed by atoms with van der Waals surface area (Å²) < 4.78 is 43.0. The van der Waals surface area contributed by atoms with Crippen molar-refractivity contribution in [2.24, 2.45) is 0 Å². The molecular formula is C27H24ClNO6S. The first-order valence-corrected chi connectivity index (χ1v) is 12.8. The zero-order valence-corrected chi connectivity index (χ0v) is 21.4. The Hall–Kier alpha value is -3.75. The predicted octanol–water partition coefficient (Wildman–Crippen LogP) is 6.22. The van der Waals surface area contributed by atoms with Gasteiger partial charge in [-0.1, -0.05) is 29.8 Å². The second-order valence-electron chi connectivity index (χ2n) is 8.08. The number of anilines is 1. The van der Waals surface area contributed by atoms with Gasteiger partial charge in [-0.3, -0.25) is 4.79 Å². The number of sulfone groups is 1. The molecule has 0 saturated carbocycles. The molecule has 0 aliphatic rings. The number of amides is 1. The molecular weight excluding hydrogens is 502 g/mol. The number of aryl methyl sites for hydroxylation is 2. The summed E-state index contributed by atoms with van der Waals surface area (Å²) >= 11 is 5.88. The standard InChI is InChI=1S/C27H24ClNO6S/c1-17-5-4-6-18(2)26(17)34-16-21-9-12-25(35-21)27(30)29-20-13-22(33-3)15-24(14-20)36(31,32)23-10-7-19(28)8-11-23/h4-15H,16H2,1-3H3,(H,29,30). The minimum Gasteiger partial charge on any atom is -0.497 e. The zero-order valence-electron chi connectivity index (χ0n) is 19.9. The van der Waals surface area contributed by atoms with Crippen molar-refractivity contribution >= 4 is 33.0 Å². The molecule has 1 amide bonds. The summed E-state index contributed by atoms with van der Waals surface area (Å²) in [6.45, 7) is 4.07. The lowest BCUT2D eigenvalue weighted by molar-refractivity contribution is 0.0992. The lowest BCUT2D eigenvalue weighted by Crippen LogP contribution is -2.12. The number of rotatable bonds is 8. The van der Waals surface area contributed by atoms with Gasteiger partial charge in [0.05, 0.1) is 16.9 Å². The summed E-state index contributed by atoms with van der Waals surface area (Å²) in [5.74, 6) is 1.02. The zero-order chi connectivity index (χ0) is 25.9. The number of furan rings is 1. The maximum atomic E-state index is 13.1. The highest BCUT2D eigenvalue weighted by molar-refractivity contribution is 7.91. The van der Waals surface area contributed by atoms with Crippen molar-refractivity contribution in [2.75, 3.05) is 12.4 Å². The van der Waals surface area contributed by atoms with E-state index in [2.05, 4.69) is 5.32 Å². The lowest BCUT2D eigenvalue weighted by atomic mass is 10.1. The molecule has 1 N–H and O–H groups in total. The minimum absolute atomic E-state index is 0.0402. The van der Waals surface area contributed by atoms with E-state index in [1.807, 2.05) is 32.0 Å². The van der Waals surface area contributed by atoms with Crippen LogP contribution < -0.4 is 14.8 Å². The maximum absolute atomic E-state index is 13.1. The molecule has 186 valence electrons. The van der Waals surface area contributed by atoms with E-state index < -0.39 is 15.7 Å². The molecule has 9 heteroatoms. The molecule has 0 bridgehead atoms. The fraction of sp³-hybridized carbons (Fsp3) is 0.148. The Kier molecular flexibility index (Phi) is 7.37. The topological polar surface area (TPSA) is 94.8 Å². The second kappa shape index (κ2) is 10.5. The largest absolute Gasteiger partial charge is 0.497 e. The molecule has 0 fully saturated rings. The number of halogens is 1. The van der Waals surface area contributed by atoms with Crippen LogP contribution in [0.3, 0.4) is 0 Å². The highest BCUT2D eigenvalue weighted by Crippen LogP contribution is 2.30. The van der Waals surface area contributed by atoms with E-state index in [1.165, 1.54) is 55.6 Å². The third-order valence-corrected chi connectivity index (χ3v) is 7.46. The summed E-state index contributed by atoms with van der Waals surface area (Å²) in [5, 5.41) is 3.09. The van der Waals surface area contributed by atoms with Gasteiger partial charge < -0.3 is 19.2 Å². The van der Waals surface area contributed by atoms with Crippen molar-refractivity contribution in [3.8, 4) is 11.5 Å². The van der Waals surface area contributed by atoms with Crippen LogP contribution in [0.5, 0.6) is 11.5 Å². The average Bonchev–Trinajstić information content (AvgIpc) is 3.33. The molecule has 0 radical (unpaired) electrons. The molecule has 1 heterocycles. The van der Waals surface area contributed by atoms with Crippen LogP contribution >= 0.6 is 11.6 Å². The summed E-state index contributed by atoms with van der Waals surface area (Å²) in [6.07, 6.45) is 0. The van der Waals surface area contributed by atoms with Crippen LogP contribution in [0.25, 0.3) is 0 Å². The van der Waals surface area contributed by atoms with E-state index in [0.717, 1.165) is 16.9 Å². The van der Waals surface area contributed by atoms with Gasteiger partial charge in [0.25, 0.3) is 5.91 Å². The maximum Gasteiger partial charge on any atom is 0.291 e. The number of hydrogen-bond donors (Lipinski definition) is 1. The van der Waals surface area contributed by atoms with E-state index in [0.29, 0.717) is 10.8 Å². The summed E-state index contributed by atoms with van der Waals surface area (Å²) in [5.41, 5.74) is 2.24. The normalized spacial score (nSPS) is 11.2.